The first-order valence-electron chi connectivity index (χ1n) is 7.51. The largest absolute Gasteiger partial charge is 0.451 e. The lowest BCUT2D eigenvalue weighted by Crippen LogP contribution is -2.36. The number of aromatic nitrogens is 1. The third-order valence-electron chi connectivity index (χ3n) is 3.14. The number of pyridine rings is 1. The van der Waals surface area contributed by atoms with Crippen LogP contribution >= 0.6 is 27.5 Å². The van der Waals surface area contributed by atoms with E-state index >= 15 is 0 Å². The highest BCUT2D eigenvalue weighted by Gasteiger charge is 2.19. The summed E-state index contributed by atoms with van der Waals surface area (Å²) in [6, 6.07) is 9.80. The predicted molar refractivity (Wildman–Crippen MR) is 99.9 cm³/mol. The van der Waals surface area contributed by atoms with Crippen molar-refractivity contribution in [3.63, 3.8) is 0 Å². The minimum Gasteiger partial charge on any atom is -0.451 e. The highest BCUT2D eigenvalue weighted by molar-refractivity contribution is 9.10. The van der Waals surface area contributed by atoms with Gasteiger partial charge in [-0.2, -0.15) is 0 Å². The Kier molecular flexibility index (Phi) is 7.11. The van der Waals surface area contributed by atoms with Crippen molar-refractivity contribution in [3.8, 4) is 0 Å². The molecule has 0 saturated heterocycles. The Morgan fingerprint density at radius 3 is 2.69 bits per heavy atom. The van der Waals surface area contributed by atoms with Crippen LogP contribution in [0.15, 0.2) is 47.1 Å². The molecule has 0 radical (unpaired) electrons. The van der Waals surface area contributed by atoms with E-state index in [0.29, 0.717) is 10.6 Å². The Morgan fingerprint density at radius 1 is 1.27 bits per heavy atom. The van der Waals surface area contributed by atoms with Gasteiger partial charge in [0.15, 0.2) is 6.10 Å². The second-order valence-corrected chi connectivity index (χ2v) is 6.53. The molecule has 0 aliphatic carbocycles. The minimum absolute atomic E-state index is 0.283. The van der Waals surface area contributed by atoms with Gasteiger partial charge in [-0.3, -0.25) is 14.4 Å². The summed E-state index contributed by atoms with van der Waals surface area (Å²) < 4.78 is 5.73. The fraction of sp³-hybridized carbons (Fsp3) is 0.176. The third-order valence-corrected chi connectivity index (χ3v) is 3.85. The van der Waals surface area contributed by atoms with Gasteiger partial charge in [-0.1, -0.05) is 33.6 Å². The predicted octanol–water partition coefficient (Wildman–Crippen LogP) is 2.80. The van der Waals surface area contributed by atoms with Crippen molar-refractivity contribution in [2.45, 2.75) is 13.0 Å². The Balaban J connectivity index is 1.80. The summed E-state index contributed by atoms with van der Waals surface area (Å²) in [6.45, 7) is 1.06. The van der Waals surface area contributed by atoms with Gasteiger partial charge in [0.25, 0.3) is 11.8 Å². The molecule has 2 N–H and O–H groups in total. The number of hydrogen-bond donors (Lipinski definition) is 2. The Bertz CT molecular complexity index is 814. The fourth-order valence-electron chi connectivity index (χ4n) is 1.85. The molecule has 26 heavy (non-hydrogen) atoms. The topological polar surface area (TPSA) is 97.4 Å². The number of carbonyl (C=O) groups excluding carboxylic acids is 3. The summed E-state index contributed by atoms with van der Waals surface area (Å²) in [5, 5.41) is 5.36. The number of halogens is 2. The van der Waals surface area contributed by atoms with Crippen LogP contribution in [0.5, 0.6) is 0 Å². The van der Waals surface area contributed by atoms with Gasteiger partial charge in [-0.05, 0) is 37.3 Å². The molecule has 1 atom stereocenters. The monoisotopic (exact) mass is 439 g/mol. The summed E-state index contributed by atoms with van der Waals surface area (Å²) in [6.07, 6.45) is 0.327. The standard InChI is InChI=1S/C17H15BrClN3O4/c1-10(16(24)22-14-6-5-13(19)8-20-14)26-15(23)9-21-17(25)11-3-2-4-12(18)7-11/h2-8,10H,9H2,1H3,(H,21,25)(H,20,22,24). The zero-order chi connectivity index (χ0) is 19.1. The zero-order valence-electron chi connectivity index (χ0n) is 13.7. The van der Waals surface area contributed by atoms with Crippen LogP contribution in [0, 0.1) is 0 Å². The Labute approximate surface area is 163 Å². The summed E-state index contributed by atoms with van der Waals surface area (Å²) in [5.74, 6) is -1.43. The maximum Gasteiger partial charge on any atom is 0.326 e. The summed E-state index contributed by atoms with van der Waals surface area (Å²) in [5.41, 5.74) is 0.395. The van der Waals surface area contributed by atoms with E-state index in [1.165, 1.54) is 19.2 Å². The van der Waals surface area contributed by atoms with Crippen LogP contribution in [0.1, 0.15) is 17.3 Å². The van der Waals surface area contributed by atoms with Gasteiger partial charge in [0.05, 0.1) is 5.02 Å². The average molecular weight is 441 g/mol. The van der Waals surface area contributed by atoms with E-state index in [-0.39, 0.29) is 12.4 Å². The number of nitrogens with one attached hydrogen (secondary N) is 2. The smallest absolute Gasteiger partial charge is 0.326 e. The molecule has 2 rings (SSSR count). The Hall–Kier alpha value is -2.45. The average Bonchev–Trinajstić information content (AvgIpc) is 2.61. The summed E-state index contributed by atoms with van der Waals surface area (Å²) in [4.78, 5) is 39.6. The summed E-state index contributed by atoms with van der Waals surface area (Å²) in [7, 11) is 0. The molecule has 1 aromatic carbocycles. The number of hydrogen-bond acceptors (Lipinski definition) is 5. The van der Waals surface area contributed by atoms with E-state index in [4.69, 9.17) is 16.3 Å². The van der Waals surface area contributed by atoms with E-state index in [1.807, 2.05) is 0 Å². The van der Waals surface area contributed by atoms with E-state index in [0.717, 1.165) is 4.47 Å². The lowest BCUT2D eigenvalue weighted by molar-refractivity contribution is -0.152. The van der Waals surface area contributed by atoms with Gasteiger partial charge < -0.3 is 15.4 Å². The first kappa shape index (κ1) is 19.9. The van der Waals surface area contributed by atoms with Crippen molar-refractivity contribution in [1.29, 1.82) is 0 Å². The molecule has 0 saturated carbocycles. The number of carbonyl (C=O) groups is 3. The number of benzene rings is 1. The minimum atomic E-state index is -1.05. The van der Waals surface area contributed by atoms with Crippen molar-refractivity contribution < 1.29 is 19.1 Å². The molecule has 0 spiro atoms. The second-order valence-electron chi connectivity index (χ2n) is 5.18. The van der Waals surface area contributed by atoms with Gasteiger partial charge in [0, 0.05) is 16.2 Å². The molecule has 9 heteroatoms. The van der Waals surface area contributed by atoms with Crippen molar-refractivity contribution in [2.75, 3.05) is 11.9 Å². The normalized spacial score (nSPS) is 11.3. The van der Waals surface area contributed by atoms with Crippen LogP contribution < -0.4 is 10.6 Å². The molecule has 0 aliphatic rings. The zero-order valence-corrected chi connectivity index (χ0v) is 16.0. The van der Waals surface area contributed by atoms with E-state index < -0.39 is 23.9 Å². The summed E-state index contributed by atoms with van der Waals surface area (Å²) >= 11 is 8.97. The van der Waals surface area contributed by atoms with Crippen LogP contribution in [-0.4, -0.2) is 35.4 Å². The molecule has 2 aromatic rings. The number of nitrogens with zero attached hydrogens (tertiary/aromatic N) is 1. The van der Waals surface area contributed by atoms with Crippen LogP contribution in [0.2, 0.25) is 5.02 Å². The molecule has 1 heterocycles. The van der Waals surface area contributed by atoms with Crippen molar-refractivity contribution >= 4 is 51.1 Å². The Morgan fingerprint density at radius 2 is 2.04 bits per heavy atom. The molecule has 1 aromatic heterocycles. The molecule has 0 fully saturated rings. The number of esters is 1. The molecule has 1 unspecified atom stereocenters. The second kappa shape index (κ2) is 9.30. The van der Waals surface area contributed by atoms with Gasteiger partial charge in [-0.15, -0.1) is 0 Å². The van der Waals surface area contributed by atoms with Crippen LogP contribution in [0.3, 0.4) is 0 Å². The molecule has 0 bridgehead atoms. The van der Waals surface area contributed by atoms with E-state index in [9.17, 15) is 14.4 Å². The first-order valence-corrected chi connectivity index (χ1v) is 8.68. The molecule has 7 nitrogen and oxygen atoms in total. The molecular weight excluding hydrogens is 426 g/mol. The SMILES string of the molecule is CC(OC(=O)CNC(=O)c1cccc(Br)c1)C(=O)Nc1ccc(Cl)cn1. The third kappa shape index (κ3) is 6.12. The van der Waals surface area contributed by atoms with E-state index in [1.54, 1.807) is 30.3 Å². The van der Waals surface area contributed by atoms with Gasteiger partial charge in [0.1, 0.15) is 12.4 Å². The van der Waals surface area contributed by atoms with Crippen LogP contribution in [0.25, 0.3) is 0 Å². The number of anilines is 1. The lowest BCUT2D eigenvalue weighted by atomic mass is 10.2. The van der Waals surface area contributed by atoms with Gasteiger partial charge >= 0.3 is 5.97 Å². The highest BCUT2D eigenvalue weighted by atomic mass is 79.9. The van der Waals surface area contributed by atoms with Gasteiger partial charge in [0.2, 0.25) is 0 Å². The van der Waals surface area contributed by atoms with Gasteiger partial charge in [-0.25, -0.2) is 4.98 Å². The molecule has 0 aliphatic heterocycles. The highest BCUT2D eigenvalue weighted by Crippen LogP contribution is 2.12. The molecule has 136 valence electrons. The fourth-order valence-corrected chi connectivity index (χ4v) is 2.37. The van der Waals surface area contributed by atoms with Crippen molar-refractivity contribution in [3.05, 3.63) is 57.7 Å². The number of ether oxygens (including phenoxy) is 1. The maximum atomic E-state index is 12.0. The first-order chi connectivity index (χ1) is 12.3. The number of amides is 2. The molecule has 2 amide bonds. The maximum absolute atomic E-state index is 12.0. The number of rotatable bonds is 6. The van der Waals surface area contributed by atoms with Crippen molar-refractivity contribution in [2.24, 2.45) is 0 Å². The van der Waals surface area contributed by atoms with Crippen molar-refractivity contribution in [1.82, 2.24) is 10.3 Å². The van der Waals surface area contributed by atoms with Crippen LogP contribution in [0.4, 0.5) is 5.82 Å². The lowest BCUT2D eigenvalue weighted by Gasteiger charge is -2.13. The quantitative estimate of drug-likeness (QED) is 0.673. The van der Waals surface area contributed by atoms with Crippen LogP contribution in [-0.2, 0) is 14.3 Å². The van der Waals surface area contributed by atoms with E-state index in [2.05, 4.69) is 31.5 Å². The molecular formula is C17H15BrClN3O4.